The van der Waals surface area contributed by atoms with Gasteiger partial charge in [-0.05, 0) is 78.8 Å². The van der Waals surface area contributed by atoms with Crippen LogP contribution < -0.4 is 0 Å². The van der Waals surface area contributed by atoms with Gasteiger partial charge in [-0.3, -0.25) is 0 Å². The minimum absolute atomic E-state index is 0.758. The van der Waals surface area contributed by atoms with Gasteiger partial charge in [-0.15, -0.1) is 0 Å². The van der Waals surface area contributed by atoms with E-state index in [1.54, 1.807) is 0 Å². The highest BCUT2D eigenvalue weighted by Gasteiger charge is 2.14. The van der Waals surface area contributed by atoms with E-state index in [2.05, 4.69) is 109 Å². The Bertz CT molecular complexity index is 1570. The monoisotopic (exact) mass is 414 g/mol. The fraction of sp³-hybridized carbons (Fsp3) is 0. The van der Waals surface area contributed by atoms with Crippen LogP contribution in [0.5, 0.6) is 0 Å². The van der Waals surface area contributed by atoms with Gasteiger partial charge in [-0.1, -0.05) is 103 Å². The van der Waals surface area contributed by atoms with Crippen LogP contribution in [0, 0.1) is 0 Å². The third-order valence-electron chi connectivity index (χ3n) is 6.11. The quantitative estimate of drug-likeness (QED) is 0.248. The molecule has 146 valence electrons. The molecule has 6 aromatic carbocycles. The molecule has 0 saturated heterocycles. The summed E-state index contributed by atoms with van der Waals surface area (Å²) in [6.07, 6.45) is 0. The maximum absolute atomic E-state index is 6.45. The Hall–Kier alpha value is -3.61. The Morgan fingerprint density at radius 1 is 0.355 bits per heavy atom. The molecule has 0 aliphatic rings. The average Bonchev–Trinajstić information content (AvgIpc) is 2.84. The highest BCUT2D eigenvalue weighted by atomic mass is 35.5. The molecular formula is C30H19Cl. The molecule has 0 amide bonds. The molecule has 0 aromatic heterocycles. The third kappa shape index (κ3) is 3.00. The van der Waals surface area contributed by atoms with E-state index in [1.165, 1.54) is 54.6 Å². The Balaban J connectivity index is 1.83. The van der Waals surface area contributed by atoms with Gasteiger partial charge in [0.2, 0.25) is 0 Å². The first kappa shape index (κ1) is 18.2. The summed E-state index contributed by atoms with van der Waals surface area (Å²) in [5.41, 5.74) is 4.90. The van der Waals surface area contributed by atoms with Gasteiger partial charge < -0.3 is 0 Å². The van der Waals surface area contributed by atoms with Crippen molar-refractivity contribution in [3.8, 4) is 22.3 Å². The van der Waals surface area contributed by atoms with Gasteiger partial charge in [0.05, 0.1) is 0 Å². The zero-order chi connectivity index (χ0) is 20.8. The van der Waals surface area contributed by atoms with Crippen LogP contribution in [-0.2, 0) is 0 Å². The van der Waals surface area contributed by atoms with Gasteiger partial charge >= 0.3 is 0 Å². The first-order valence-corrected chi connectivity index (χ1v) is 10.9. The summed E-state index contributed by atoms with van der Waals surface area (Å²) < 4.78 is 0. The zero-order valence-corrected chi connectivity index (χ0v) is 17.6. The molecule has 31 heavy (non-hydrogen) atoms. The smallest absolute Gasteiger partial charge is 0.0412 e. The van der Waals surface area contributed by atoms with Gasteiger partial charge in [0.1, 0.15) is 0 Å². The van der Waals surface area contributed by atoms with Crippen molar-refractivity contribution < 1.29 is 0 Å². The largest absolute Gasteiger partial charge is 0.0843 e. The highest BCUT2D eigenvalue weighted by Crippen LogP contribution is 2.42. The zero-order valence-electron chi connectivity index (χ0n) is 16.8. The predicted molar refractivity (Wildman–Crippen MR) is 135 cm³/mol. The summed E-state index contributed by atoms with van der Waals surface area (Å²) >= 11 is 6.45. The SMILES string of the molecule is Clc1ccc2c(c1)c(-c1ccccc1)cc1c3ccccc3c(-c3ccccc3)cc21. The molecule has 0 bridgehead atoms. The molecule has 0 heterocycles. The second kappa shape index (κ2) is 7.27. The molecule has 0 fully saturated rings. The van der Waals surface area contributed by atoms with Crippen LogP contribution >= 0.6 is 11.6 Å². The van der Waals surface area contributed by atoms with Crippen LogP contribution in [0.15, 0.2) is 115 Å². The van der Waals surface area contributed by atoms with E-state index in [0.717, 1.165) is 5.02 Å². The lowest BCUT2D eigenvalue weighted by Crippen LogP contribution is -1.89. The van der Waals surface area contributed by atoms with E-state index in [0.29, 0.717) is 0 Å². The maximum Gasteiger partial charge on any atom is 0.0412 e. The van der Waals surface area contributed by atoms with Crippen molar-refractivity contribution in [3.63, 3.8) is 0 Å². The molecule has 0 nitrogen and oxygen atoms in total. The maximum atomic E-state index is 6.45. The molecule has 0 aliphatic carbocycles. The van der Waals surface area contributed by atoms with E-state index in [9.17, 15) is 0 Å². The van der Waals surface area contributed by atoms with Crippen molar-refractivity contribution in [1.82, 2.24) is 0 Å². The first-order chi connectivity index (χ1) is 15.3. The normalized spacial score (nSPS) is 11.4. The fourth-order valence-electron chi connectivity index (χ4n) is 4.69. The van der Waals surface area contributed by atoms with Crippen molar-refractivity contribution in [2.75, 3.05) is 0 Å². The number of hydrogen-bond donors (Lipinski definition) is 0. The summed E-state index contributed by atoms with van der Waals surface area (Å²) in [4.78, 5) is 0. The minimum atomic E-state index is 0.758. The molecular weight excluding hydrogens is 396 g/mol. The number of rotatable bonds is 2. The molecule has 6 rings (SSSR count). The molecule has 0 saturated carbocycles. The molecule has 0 radical (unpaired) electrons. The summed E-state index contributed by atoms with van der Waals surface area (Å²) in [5.74, 6) is 0. The average molecular weight is 415 g/mol. The second-order valence-corrected chi connectivity index (χ2v) is 8.35. The van der Waals surface area contributed by atoms with Gasteiger partial charge in [0, 0.05) is 5.02 Å². The molecule has 0 unspecified atom stereocenters. The van der Waals surface area contributed by atoms with Crippen molar-refractivity contribution in [2.45, 2.75) is 0 Å². The highest BCUT2D eigenvalue weighted by molar-refractivity contribution is 6.32. The van der Waals surface area contributed by atoms with Gasteiger partial charge in [0.15, 0.2) is 0 Å². The topological polar surface area (TPSA) is 0 Å². The van der Waals surface area contributed by atoms with Crippen molar-refractivity contribution in [1.29, 1.82) is 0 Å². The van der Waals surface area contributed by atoms with Crippen LogP contribution in [0.4, 0.5) is 0 Å². The van der Waals surface area contributed by atoms with E-state index in [-0.39, 0.29) is 0 Å². The Kier molecular flexibility index (Phi) is 4.26. The van der Waals surface area contributed by atoms with Gasteiger partial charge in [-0.25, -0.2) is 0 Å². The first-order valence-electron chi connectivity index (χ1n) is 10.5. The van der Waals surface area contributed by atoms with Crippen LogP contribution in [0.25, 0.3) is 54.6 Å². The number of fused-ring (bicyclic) bond motifs is 5. The minimum Gasteiger partial charge on any atom is -0.0843 e. The molecule has 6 aromatic rings. The van der Waals surface area contributed by atoms with Crippen LogP contribution in [0.1, 0.15) is 0 Å². The summed E-state index contributed by atoms with van der Waals surface area (Å²) in [6.45, 7) is 0. The molecule has 0 atom stereocenters. The van der Waals surface area contributed by atoms with Crippen LogP contribution in [0.3, 0.4) is 0 Å². The fourth-order valence-corrected chi connectivity index (χ4v) is 4.86. The van der Waals surface area contributed by atoms with Crippen molar-refractivity contribution >= 4 is 43.9 Å². The van der Waals surface area contributed by atoms with Crippen molar-refractivity contribution in [2.24, 2.45) is 0 Å². The number of halogens is 1. The Labute approximate surface area is 186 Å². The molecule has 0 N–H and O–H groups in total. The van der Waals surface area contributed by atoms with Crippen LogP contribution in [0.2, 0.25) is 5.02 Å². The Morgan fingerprint density at radius 2 is 0.839 bits per heavy atom. The predicted octanol–water partition coefficient (Wildman–Crippen LogP) is 9.13. The number of benzene rings is 6. The summed E-state index contributed by atoms with van der Waals surface area (Å²) in [7, 11) is 0. The van der Waals surface area contributed by atoms with E-state index in [4.69, 9.17) is 11.6 Å². The van der Waals surface area contributed by atoms with Crippen LogP contribution in [-0.4, -0.2) is 0 Å². The lowest BCUT2D eigenvalue weighted by molar-refractivity contribution is 1.66. The van der Waals surface area contributed by atoms with E-state index in [1.807, 2.05) is 6.07 Å². The van der Waals surface area contributed by atoms with E-state index >= 15 is 0 Å². The molecule has 1 heteroatoms. The third-order valence-corrected chi connectivity index (χ3v) is 6.34. The van der Waals surface area contributed by atoms with Gasteiger partial charge in [-0.2, -0.15) is 0 Å². The van der Waals surface area contributed by atoms with E-state index < -0.39 is 0 Å². The number of hydrogen-bond acceptors (Lipinski definition) is 0. The lowest BCUT2D eigenvalue weighted by atomic mass is 9.88. The molecule has 0 aliphatic heterocycles. The lowest BCUT2D eigenvalue weighted by Gasteiger charge is -2.16. The standard InChI is InChI=1S/C30H19Cl/c31-22-15-16-25-28(17-22)27(21-11-5-2-6-12-21)19-29-24-14-8-7-13-23(24)26(18-30(25)29)20-9-3-1-4-10-20/h1-19H. The van der Waals surface area contributed by atoms with Gasteiger partial charge in [0.25, 0.3) is 0 Å². The molecule has 0 spiro atoms. The van der Waals surface area contributed by atoms with Crippen molar-refractivity contribution in [3.05, 3.63) is 120 Å². The second-order valence-electron chi connectivity index (χ2n) is 7.91. The summed E-state index contributed by atoms with van der Waals surface area (Å²) in [6, 6.07) is 40.9. The Morgan fingerprint density at radius 3 is 1.45 bits per heavy atom. The summed E-state index contributed by atoms with van der Waals surface area (Å²) in [5, 5.41) is 8.23.